The highest BCUT2D eigenvalue weighted by molar-refractivity contribution is 7.89. The van der Waals surface area contributed by atoms with Gasteiger partial charge in [-0.1, -0.05) is 54.6 Å². The van der Waals surface area contributed by atoms with E-state index in [0.29, 0.717) is 13.1 Å². The van der Waals surface area contributed by atoms with Crippen LogP contribution in [0, 0.1) is 0 Å². The molecule has 0 amide bonds. The van der Waals surface area contributed by atoms with E-state index in [2.05, 4.69) is 27.3 Å². The SMILES string of the molecule is Cl.O=S(=O)(NCC1NCCc2ccccc21)c1cnn(Cc2ccccc2)c1. The third-order valence-electron chi connectivity index (χ3n) is 4.80. The number of benzene rings is 2. The van der Waals surface area contributed by atoms with Gasteiger partial charge in [0.15, 0.2) is 0 Å². The minimum absolute atomic E-state index is 0. The molecule has 2 heterocycles. The van der Waals surface area contributed by atoms with Gasteiger partial charge < -0.3 is 5.32 Å². The Labute approximate surface area is 171 Å². The van der Waals surface area contributed by atoms with Crippen molar-refractivity contribution in [1.82, 2.24) is 19.8 Å². The van der Waals surface area contributed by atoms with Crippen molar-refractivity contribution in [2.75, 3.05) is 13.1 Å². The Kier molecular flexibility index (Phi) is 6.51. The van der Waals surface area contributed by atoms with E-state index in [1.165, 1.54) is 11.8 Å². The summed E-state index contributed by atoms with van der Waals surface area (Å²) < 4.78 is 29.7. The van der Waals surface area contributed by atoms with E-state index in [9.17, 15) is 8.42 Å². The van der Waals surface area contributed by atoms with E-state index in [1.54, 1.807) is 10.9 Å². The second-order valence-corrected chi connectivity index (χ2v) is 8.43. The molecule has 28 heavy (non-hydrogen) atoms. The average Bonchev–Trinajstić information content (AvgIpc) is 3.17. The van der Waals surface area contributed by atoms with Crippen molar-refractivity contribution in [3.8, 4) is 0 Å². The molecule has 1 unspecified atom stereocenters. The molecule has 2 aromatic carbocycles. The van der Waals surface area contributed by atoms with Crippen molar-refractivity contribution in [2.45, 2.75) is 23.9 Å². The lowest BCUT2D eigenvalue weighted by molar-refractivity contribution is 0.491. The summed E-state index contributed by atoms with van der Waals surface area (Å²) in [4.78, 5) is 0.183. The van der Waals surface area contributed by atoms with E-state index in [1.807, 2.05) is 42.5 Å². The summed E-state index contributed by atoms with van der Waals surface area (Å²) in [6, 6.07) is 18.0. The van der Waals surface area contributed by atoms with Crippen LogP contribution >= 0.6 is 12.4 Å². The van der Waals surface area contributed by atoms with Crippen LogP contribution in [-0.4, -0.2) is 31.3 Å². The first-order valence-corrected chi connectivity index (χ1v) is 10.5. The van der Waals surface area contributed by atoms with Crippen molar-refractivity contribution in [2.24, 2.45) is 0 Å². The smallest absolute Gasteiger partial charge is 0.243 e. The summed E-state index contributed by atoms with van der Waals surface area (Å²) in [6.45, 7) is 1.69. The third kappa shape index (κ3) is 4.62. The minimum Gasteiger partial charge on any atom is -0.308 e. The topological polar surface area (TPSA) is 76.0 Å². The number of rotatable bonds is 6. The monoisotopic (exact) mass is 418 g/mol. The van der Waals surface area contributed by atoms with Crippen molar-refractivity contribution in [1.29, 1.82) is 0 Å². The van der Waals surface area contributed by atoms with Crippen molar-refractivity contribution < 1.29 is 8.42 Å². The molecule has 4 rings (SSSR count). The molecule has 0 radical (unpaired) electrons. The van der Waals surface area contributed by atoms with Crippen molar-refractivity contribution in [3.63, 3.8) is 0 Å². The highest BCUT2D eigenvalue weighted by Crippen LogP contribution is 2.22. The zero-order chi connectivity index (χ0) is 18.7. The Morgan fingerprint density at radius 2 is 1.86 bits per heavy atom. The molecule has 6 nitrogen and oxygen atoms in total. The average molecular weight is 419 g/mol. The number of halogens is 1. The zero-order valence-corrected chi connectivity index (χ0v) is 16.9. The predicted octanol–water partition coefficient (Wildman–Crippen LogP) is 2.52. The Balaban J connectivity index is 0.00000225. The third-order valence-corrected chi connectivity index (χ3v) is 6.18. The van der Waals surface area contributed by atoms with Gasteiger partial charge in [-0.3, -0.25) is 4.68 Å². The van der Waals surface area contributed by atoms with Crippen LogP contribution in [0.3, 0.4) is 0 Å². The molecule has 3 aromatic rings. The highest BCUT2D eigenvalue weighted by Gasteiger charge is 2.23. The number of nitrogens with one attached hydrogen (secondary N) is 2. The molecular weight excluding hydrogens is 396 g/mol. The van der Waals surface area contributed by atoms with Crippen LogP contribution in [0.1, 0.15) is 22.7 Å². The molecule has 1 aliphatic heterocycles. The molecule has 1 aliphatic rings. The fourth-order valence-corrected chi connectivity index (χ4v) is 4.39. The Hall–Kier alpha value is -2.19. The van der Waals surface area contributed by atoms with E-state index < -0.39 is 10.0 Å². The Morgan fingerprint density at radius 1 is 1.11 bits per heavy atom. The zero-order valence-electron chi connectivity index (χ0n) is 15.3. The van der Waals surface area contributed by atoms with Gasteiger partial charge >= 0.3 is 0 Å². The van der Waals surface area contributed by atoms with Gasteiger partial charge in [0.2, 0.25) is 10.0 Å². The van der Waals surface area contributed by atoms with Crippen LogP contribution in [0.4, 0.5) is 0 Å². The predicted molar refractivity (Wildman–Crippen MR) is 111 cm³/mol. The molecule has 1 aromatic heterocycles. The van der Waals surface area contributed by atoms with Crippen LogP contribution in [0.2, 0.25) is 0 Å². The lowest BCUT2D eigenvalue weighted by Gasteiger charge is -2.27. The minimum atomic E-state index is -3.61. The van der Waals surface area contributed by atoms with E-state index in [-0.39, 0.29) is 23.3 Å². The van der Waals surface area contributed by atoms with Gasteiger partial charge in [0, 0.05) is 18.8 Å². The summed E-state index contributed by atoms with van der Waals surface area (Å²) in [7, 11) is -3.61. The number of fused-ring (bicyclic) bond motifs is 1. The van der Waals surface area contributed by atoms with Crippen LogP contribution in [-0.2, 0) is 23.0 Å². The lowest BCUT2D eigenvalue weighted by atomic mass is 9.95. The molecular formula is C20H23ClN4O2S. The second kappa shape index (κ2) is 8.87. The number of hydrogen-bond acceptors (Lipinski definition) is 4. The Bertz CT molecular complexity index is 1020. The molecule has 8 heteroatoms. The fraction of sp³-hybridized carbons (Fsp3) is 0.250. The van der Waals surface area contributed by atoms with Crippen LogP contribution < -0.4 is 10.0 Å². The first kappa shape index (κ1) is 20.5. The van der Waals surface area contributed by atoms with E-state index >= 15 is 0 Å². The molecule has 0 fully saturated rings. The quantitative estimate of drug-likeness (QED) is 0.645. The van der Waals surface area contributed by atoms with Gasteiger partial charge in [-0.2, -0.15) is 5.10 Å². The van der Waals surface area contributed by atoms with Gasteiger partial charge in [-0.25, -0.2) is 13.1 Å². The summed E-state index contributed by atoms with van der Waals surface area (Å²) in [6.07, 6.45) is 3.93. The van der Waals surface area contributed by atoms with Gasteiger partial charge in [0.1, 0.15) is 4.90 Å². The maximum Gasteiger partial charge on any atom is 0.243 e. The molecule has 148 valence electrons. The first-order chi connectivity index (χ1) is 13.1. The molecule has 1 atom stereocenters. The maximum absolute atomic E-state index is 12.7. The largest absolute Gasteiger partial charge is 0.308 e. The summed E-state index contributed by atoms with van der Waals surface area (Å²) in [5, 5.41) is 7.58. The normalized spacial score (nSPS) is 16.2. The standard InChI is InChI=1S/C20H22N4O2S.ClH/c25-27(26,18-12-22-24(15-18)14-16-6-2-1-3-7-16)23-13-20-19-9-5-4-8-17(19)10-11-21-20;/h1-9,12,15,20-21,23H,10-11,13-14H2;1H. The summed E-state index contributed by atoms with van der Waals surface area (Å²) >= 11 is 0. The van der Waals surface area contributed by atoms with Crippen LogP contribution in [0.5, 0.6) is 0 Å². The van der Waals surface area contributed by atoms with E-state index in [4.69, 9.17) is 0 Å². The Morgan fingerprint density at radius 3 is 2.68 bits per heavy atom. The molecule has 0 aliphatic carbocycles. The van der Waals surface area contributed by atoms with Gasteiger partial charge in [-0.05, 0) is 29.7 Å². The number of hydrogen-bond donors (Lipinski definition) is 2. The molecule has 0 bridgehead atoms. The number of nitrogens with zero attached hydrogens (tertiary/aromatic N) is 2. The summed E-state index contributed by atoms with van der Waals surface area (Å²) in [5.41, 5.74) is 3.50. The second-order valence-electron chi connectivity index (χ2n) is 6.67. The molecule has 0 saturated carbocycles. The van der Waals surface area contributed by atoms with Gasteiger partial charge in [0.05, 0.1) is 12.7 Å². The summed E-state index contributed by atoms with van der Waals surface area (Å²) in [5.74, 6) is 0. The number of aromatic nitrogens is 2. The molecule has 2 N–H and O–H groups in total. The molecule has 0 spiro atoms. The van der Waals surface area contributed by atoms with Crippen molar-refractivity contribution in [3.05, 3.63) is 83.7 Å². The maximum atomic E-state index is 12.7. The van der Waals surface area contributed by atoms with Crippen LogP contribution in [0.15, 0.2) is 71.9 Å². The molecule has 0 saturated heterocycles. The first-order valence-electron chi connectivity index (χ1n) is 8.99. The van der Waals surface area contributed by atoms with Crippen LogP contribution in [0.25, 0.3) is 0 Å². The fourth-order valence-electron chi connectivity index (χ4n) is 3.39. The van der Waals surface area contributed by atoms with Gasteiger partial charge in [0.25, 0.3) is 0 Å². The highest BCUT2D eigenvalue weighted by atomic mass is 35.5. The lowest BCUT2D eigenvalue weighted by Crippen LogP contribution is -2.38. The van der Waals surface area contributed by atoms with Crippen molar-refractivity contribution >= 4 is 22.4 Å². The van der Waals surface area contributed by atoms with E-state index in [0.717, 1.165) is 24.1 Å². The number of sulfonamides is 1. The van der Waals surface area contributed by atoms with Gasteiger partial charge in [-0.15, -0.1) is 12.4 Å².